The molecule has 3 N–H and O–H groups in total. The molecule has 116 valence electrons. The highest BCUT2D eigenvalue weighted by Crippen LogP contribution is 2.27. The summed E-state index contributed by atoms with van der Waals surface area (Å²) in [5.41, 5.74) is 5.40. The number of ether oxygens (including phenoxy) is 2. The second kappa shape index (κ2) is 8.75. The third-order valence-corrected chi connectivity index (χ3v) is 2.69. The molecule has 21 heavy (non-hydrogen) atoms. The number of nitrogens with zero attached hydrogens (tertiary/aromatic N) is 2. The Kier molecular flexibility index (Phi) is 6.96. The van der Waals surface area contributed by atoms with Crippen LogP contribution in [-0.4, -0.2) is 35.8 Å². The number of nitro groups is 1. The first kappa shape index (κ1) is 16.7. The summed E-state index contributed by atoms with van der Waals surface area (Å²) in [6.45, 7) is 3.28. The van der Waals surface area contributed by atoms with Crippen molar-refractivity contribution >= 4 is 11.5 Å². The Bertz CT molecular complexity index is 505. The molecule has 0 heterocycles. The molecule has 8 nitrogen and oxygen atoms in total. The number of rotatable bonds is 9. The summed E-state index contributed by atoms with van der Waals surface area (Å²) in [5, 5.41) is 22.4. The minimum Gasteiger partial charge on any atom is -0.484 e. The Morgan fingerprint density at radius 3 is 2.81 bits per heavy atom. The number of amidine groups is 1. The molecule has 0 saturated carbocycles. The van der Waals surface area contributed by atoms with E-state index in [1.807, 2.05) is 0 Å². The van der Waals surface area contributed by atoms with Crippen molar-refractivity contribution in [3.8, 4) is 5.75 Å². The van der Waals surface area contributed by atoms with Crippen LogP contribution in [-0.2, 0) is 4.74 Å². The van der Waals surface area contributed by atoms with Crippen molar-refractivity contribution in [3.63, 3.8) is 0 Å². The third-order valence-electron chi connectivity index (χ3n) is 2.69. The van der Waals surface area contributed by atoms with Crippen LogP contribution in [0.3, 0.4) is 0 Å². The number of hydrogen-bond acceptors (Lipinski definition) is 6. The molecule has 0 bridgehead atoms. The van der Waals surface area contributed by atoms with Gasteiger partial charge in [0, 0.05) is 18.2 Å². The number of benzene rings is 1. The van der Waals surface area contributed by atoms with Crippen LogP contribution in [0.1, 0.15) is 25.3 Å². The van der Waals surface area contributed by atoms with Crippen LogP contribution >= 0.6 is 0 Å². The molecule has 0 saturated heterocycles. The van der Waals surface area contributed by atoms with E-state index in [1.165, 1.54) is 18.2 Å². The first-order chi connectivity index (χ1) is 10.1. The monoisotopic (exact) mass is 297 g/mol. The fourth-order valence-electron chi connectivity index (χ4n) is 1.56. The lowest BCUT2D eigenvalue weighted by Gasteiger charge is -2.08. The van der Waals surface area contributed by atoms with Gasteiger partial charge >= 0.3 is 5.69 Å². The molecule has 0 atom stereocenters. The van der Waals surface area contributed by atoms with Gasteiger partial charge in [-0.2, -0.15) is 0 Å². The van der Waals surface area contributed by atoms with Gasteiger partial charge in [0.15, 0.2) is 11.6 Å². The van der Waals surface area contributed by atoms with Crippen molar-refractivity contribution in [2.45, 2.75) is 19.8 Å². The van der Waals surface area contributed by atoms with Crippen molar-refractivity contribution in [2.24, 2.45) is 10.9 Å². The molecule has 0 fully saturated rings. The predicted molar refractivity (Wildman–Crippen MR) is 76.8 cm³/mol. The second-order valence-electron chi connectivity index (χ2n) is 4.24. The molecule has 0 radical (unpaired) electrons. The van der Waals surface area contributed by atoms with Crippen LogP contribution in [0.4, 0.5) is 5.69 Å². The molecular weight excluding hydrogens is 278 g/mol. The molecule has 1 aromatic rings. The fourth-order valence-corrected chi connectivity index (χ4v) is 1.56. The summed E-state index contributed by atoms with van der Waals surface area (Å²) in [6.07, 6.45) is 2.01. The molecular formula is C13H19N3O5. The van der Waals surface area contributed by atoms with Crippen molar-refractivity contribution in [1.82, 2.24) is 0 Å². The van der Waals surface area contributed by atoms with E-state index in [2.05, 4.69) is 12.1 Å². The third kappa shape index (κ3) is 5.27. The van der Waals surface area contributed by atoms with Crippen molar-refractivity contribution in [3.05, 3.63) is 33.9 Å². The van der Waals surface area contributed by atoms with Crippen LogP contribution in [0.15, 0.2) is 23.4 Å². The maximum Gasteiger partial charge on any atom is 0.311 e. The highest BCUT2D eigenvalue weighted by Gasteiger charge is 2.17. The lowest BCUT2D eigenvalue weighted by Crippen LogP contribution is -2.14. The molecule has 0 unspecified atom stereocenters. The Morgan fingerprint density at radius 2 is 2.19 bits per heavy atom. The zero-order valence-corrected chi connectivity index (χ0v) is 11.8. The maximum absolute atomic E-state index is 11.0. The van der Waals surface area contributed by atoms with Gasteiger partial charge < -0.3 is 20.4 Å². The summed E-state index contributed by atoms with van der Waals surface area (Å²) in [5.74, 6) is -0.0823. The Morgan fingerprint density at radius 1 is 1.43 bits per heavy atom. The van der Waals surface area contributed by atoms with E-state index in [9.17, 15) is 10.1 Å². The van der Waals surface area contributed by atoms with Crippen LogP contribution in [0.25, 0.3) is 0 Å². The molecule has 0 aliphatic heterocycles. The first-order valence-corrected chi connectivity index (χ1v) is 6.57. The quantitative estimate of drug-likeness (QED) is 0.179. The van der Waals surface area contributed by atoms with Gasteiger partial charge in [-0.15, -0.1) is 0 Å². The largest absolute Gasteiger partial charge is 0.484 e. The highest BCUT2D eigenvalue weighted by atomic mass is 16.6. The number of unbranched alkanes of at least 4 members (excludes halogenated alkanes) is 1. The lowest BCUT2D eigenvalue weighted by molar-refractivity contribution is -0.385. The molecule has 0 aromatic heterocycles. The molecule has 0 aliphatic rings. The second-order valence-corrected chi connectivity index (χ2v) is 4.24. The van der Waals surface area contributed by atoms with E-state index in [-0.39, 0.29) is 29.4 Å². The van der Waals surface area contributed by atoms with Gasteiger partial charge in [0.1, 0.15) is 6.61 Å². The smallest absolute Gasteiger partial charge is 0.311 e. The van der Waals surface area contributed by atoms with E-state index in [0.29, 0.717) is 13.2 Å². The number of nitrogens with two attached hydrogens (primary N) is 1. The molecule has 8 heteroatoms. The number of nitro benzene ring substituents is 1. The predicted octanol–water partition coefficient (Wildman–Crippen LogP) is 1.88. The zero-order valence-electron chi connectivity index (χ0n) is 11.8. The Balaban J connectivity index is 2.67. The van der Waals surface area contributed by atoms with Crippen molar-refractivity contribution in [1.29, 1.82) is 0 Å². The Labute approximate surface area is 122 Å². The van der Waals surface area contributed by atoms with Gasteiger partial charge in [0.05, 0.1) is 11.5 Å². The van der Waals surface area contributed by atoms with Gasteiger partial charge in [0.2, 0.25) is 0 Å². The van der Waals surface area contributed by atoms with Crippen LogP contribution in [0.5, 0.6) is 5.75 Å². The van der Waals surface area contributed by atoms with Gasteiger partial charge in [-0.1, -0.05) is 18.5 Å². The van der Waals surface area contributed by atoms with E-state index >= 15 is 0 Å². The van der Waals surface area contributed by atoms with Crippen LogP contribution < -0.4 is 10.5 Å². The summed E-state index contributed by atoms with van der Waals surface area (Å²) in [6, 6.07) is 4.09. The number of hydrogen-bond donors (Lipinski definition) is 2. The standard InChI is InChI=1S/C13H19N3O5/c1-2-3-6-20-7-8-21-12-5-4-10(13(14)15-17)9-11(12)16(18)19/h4-5,9,17H,2-3,6-8H2,1H3,(H2,14,15). The SMILES string of the molecule is CCCCOCCOc1ccc(C(N)=NO)cc1[N+](=O)[O-]. The van der Waals surface area contributed by atoms with E-state index in [4.69, 9.17) is 20.4 Å². The lowest BCUT2D eigenvalue weighted by atomic mass is 10.1. The van der Waals surface area contributed by atoms with Gasteiger partial charge in [-0.25, -0.2) is 0 Å². The van der Waals surface area contributed by atoms with E-state index in [0.717, 1.165) is 12.8 Å². The average molecular weight is 297 g/mol. The van der Waals surface area contributed by atoms with Gasteiger partial charge in [-0.3, -0.25) is 10.1 Å². The Hall–Kier alpha value is -2.35. The van der Waals surface area contributed by atoms with Crippen molar-refractivity contribution in [2.75, 3.05) is 19.8 Å². The summed E-state index contributed by atoms with van der Waals surface area (Å²) < 4.78 is 10.6. The first-order valence-electron chi connectivity index (χ1n) is 6.57. The summed E-state index contributed by atoms with van der Waals surface area (Å²) in [4.78, 5) is 10.4. The molecule has 0 aliphatic carbocycles. The zero-order chi connectivity index (χ0) is 15.7. The normalized spacial score (nSPS) is 11.4. The van der Waals surface area contributed by atoms with Crippen LogP contribution in [0.2, 0.25) is 0 Å². The summed E-state index contributed by atoms with van der Waals surface area (Å²) >= 11 is 0. The fraction of sp³-hybridized carbons (Fsp3) is 0.462. The van der Waals surface area contributed by atoms with Gasteiger partial charge in [0.25, 0.3) is 0 Å². The number of oxime groups is 1. The van der Waals surface area contributed by atoms with Crippen molar-refractivity contribution < 1.29 is 19.6 Å². The minimum absolute atomic E-state index is 0.119. The minimum atomic E-state index is -0.582. The van der Waals surface area contributed by atoms with Gasteiger partial charge in [-0.05, 0) is 18.6 Å². The van der Waals surface area contributed by atoms with Crippen LogP contribution in [0, 0.1) is 10.1 Å². The topological polar surface area (TPSA) is 120 Å². The average Bonchev–Trinajstić information content (AvgIpc) is 2.49. The molecule has 1 rings (SSSR count). The molecule has 0 spiro atoms. The van der Waals surface area contributed by atoms with E-state index in [1.54, 1.807) is 0 Å². The highest BCUT2D eigenvalue weighted by molar-refractivity contribution is 5.97. The molecule has 0 amide bonds. The molecule has 1 aromatic carbocycles. The van der Waals surface area contributed by atoms with E-state index < -0.39 is 4.92 Å². The summed E-state index contributed by atoms with van der Waals surface area (Å²) in [7, 11) is 0. The maximum atomic E-state index is 11.0.